The lowest BCUT2D eigenvalue weighted by molar-refractivity contribution is 0.00284. The number of nitrogens with zero attached hydrogens (tertiary/aromatic N) is 1. The van der Waals surface area contributed by atoms with Crippen molar-refractivity contribution in [2.45, 2.75) is 62.9 Å². The number of esters is 1. The molecule has 1 aliphatic heterocycles. The minimum absolute atomic E-state index is 0.0242. The predicted octanol–water partition coefficient (Wildman–Crippen LogP) is 6.34. The lowest BCUT2D eigenvalue weighted by atomic mass is 9.66. The number of rotatable bonds is 9. The molecule has 10 heteroatoms. The summed E-state index contributed by atoms with van der Waals surface area (Å²) < 4.78 is 45.9. The van der Waals surface area contributed by atoms with E-state index in [4.69, 9.17) is 30.0 Å². The summed E-state index contributed by atoms with van der Waals surface area (Å²) in [6.07, 6.45) is 11.2. The summed E-state index contributed by atoms with van der Waals surface area (Å²) >= 11 is 6.43. The van der Waals surface area contributed by atoms with Crippen LogP contribution in [0.15, 0.2) is 48.0 Å². The molecule has 0 N–H and O–H groups in total. The maximum Gasteiger partial charge on any atom is 0.337 e. The number of allylic oxidation sites excluding steroid dienone is 1. The summed E-state index contributed by atoms with van der Waals surface area (Å²) in [5.74, 6) is 1.40. The molecule has 3 aliphatic carbocycles. The topological polar surface area (TPSA) is 91.4 Å². The zero-order chi connectivity index (χ0) is 31.8. The van der Waals surface area contributed by atoms with Gasteiger partial charge in [0.15, 0.2) is 0 Å². The van der Waals surface area contributed by atoms with Crippen LogP contribution in [0.25, 0.3) is 0 Å². The number of hydrogen-bond acceptors (Lipinski definition) is 8. The Bertz CT molecular complexity index is 1560. The molecule has 0 aromatic heterocycles. The van der Waals surface area contributed by atoms with Gasteiger partial charge in [-0.1, -0.05) is 23.7 Å². The van der Waals surface area contributed by atoms with E-state index in [1.807, 2.05) is 18.2 Å². The highest BCUT2D eigenvalue weighted by Crippen LogP contribution is 2.48. The van der Waals surface area contributed by atoms with Gasteiger partial charge in [0.2, 0.25) is 0 Å². The molecule has 6 rings (SSSR count). The van der Waals surface area contributed by atoms with E-state index in [1.54, 1.807) is 13.2 Å². The van der Waals surface area contributed by atoms with Crippen LogP contribution in [0.1, 0.15) is 66.4 Å². The number of benzene rings is 2. The summed E-state index contributed by atoms with van der Waals surface area (Å²) in [7, 11) is -0.229. The molecular weight excluding hydrogens is 614 g/mol. The van der Waals surface area contributed by atoms with E-state index >= 15 is 0 Å². The number of fused-ring (bicyclic) bond motifs is 3. The number of carbonyl (C=O) groups excluding carboxylic acids is 1. The van der Waals surface area contributed by atoms with Crippen LogP contribution in [0.5, 0.6) is 5.75 Å². The molecule has 1 saturated carbocycles. The van der Waals surface area contributed by atoms with Crippen molar-refractivity contribution in [3.8, 4) is 5.75 Å². The summed E-state index contributed by atoms with van der Waals surface area (Å²) in [5.41, 5.74) is 5.16. The van der Waals surface area contributed by atoms with Gasteiger partial charge < -0.3 is 19.1 Å². The summed E-state index contributed by atoms with van der Waals surface area (Å²) in [6.45, 7) is 2.40. The van der Waals surface area contributed by atoms with E-state index in [1.165, 1.54) is 23.8 Å². The second-order valence-electron chi connectivity index (χ2n) is 13.3. The number of anilines is 1. The molecule has 8 nitrogen and oxygen atoms in total. The van der Waals surface area contributed by atoms with E-state index in [0.717, 1.165) is 87.2 Å². The zero-order valence-corrected chi connectivity index (χ0v) is 28.0. The Morgan fingerprint density at radius 2 is 1.98 bits per heavy atom. The summed E-state index contributed by atoms with van der Waals surface area (Å²) in [5, 5.41) is 0.761. The Kier molecular flexibility index (Phi) is 9.53. The van der Waals surface area contributed by atoms with Crippen LogP contribution >= 0.6 is 11.6 Å². The minimum atomic E-state index is -3.44. The van der Waals surface area contributed by atoms with E-state index < -0.39 is 10.1 Å². The third-order valence-electron chi connectivity index (χ3n) is 10.5. The smallest absolute Gasteiger partial charge is 0.337 e. The van der Waals surface area contributed by atoms with E-state index in [9.17, 15) is 13.2 Å². The highest BCUT2D eigenvalue weighted by Gasteiger charge is 2.45. The van der Waals surface area contributed by atoms with Crippen LogP contribution in [-0.4, -0.2) is 67.3 Å². The number of ether oxygens (including phenoxy) is 3. The van der Waals surface area contributed by atoms with Crippen molar-refractivity contribution in [3.63, 3.8) is 0 Å². The van der Waals surface area contributed by atoms with Gasteiger partial charge in [-0.3, -0.25) is 4.18 Å². The first-order chi connectivity index (χ1) is 21.6. The number of carbonyl (C=O) groups is 1. The molecule has 45 heavy (non-hydrogen) atoms. The highest BCUT2D eigenvalue weighted by atomic mass is 35.5. The van der Waals surface area contributed by atoms with Gasteiger partial charge in [-0.15, -0.1) is 0 Å². The molecule has 4 aliphatic rings. The third-order valence-corrected chi connectivity index (χ3v) is 11.3. The lowest BCUT2D eigenvalue weighted by Gasteiger charge is -2.47. The second-order valence-corrected chi connectivity index (χ2v) is 15.4. The Labute approximate surface area is 272 Å². The average molecular weight is 658 g/mol. The molecule has 1 heterocycles. The van der Waals surface area contributed by atoms with Crippen molar-refractivity contribution in [1.29, 1.82) is 0 Å². The first-order valence-corrected chi connectivity index (χ1v) is 18.2. The van der Waals surface area contributed by atoms with Crippen molar-refractivity contribution < 1.29 is 31.6 Å². The average Bonchev–Trinajstić information content (AvgIpc) is 3.17. The zero-order valence-electron chi connectivity index (χ0n) is 26.4. The van der Waals surface area contributed by atoms with Crippen LogP contribution in [0.3, 0.4) is 0 Å². The van der Waals surface area contributed by atoms with Crippen LogP contribution < -0.4 is 9.64 Å². The minimum Gasteiger partial charge on any atom is -0.490 e. The van der Waals surface area contributed by atoms with Gasteiger partial charge in [0.1, 0.15) is 5.75 Å². The number of aryl methyl sites for hydroxylation is 1. The van der Waals surface area contributed by atoms with Gasteiger partial charge in [0, 0.05) is 30.6 Å². The quantitative estimate of drug-likeness (QED) is 0.175. The van der Waals surface area contributed by atoms with E-state index in [0.29, 0.717) is 24.0 Å². The Morgan fingerprint density at radius 3 is 2.67 bits per heavy atom. The number of methoxy groups -OCH3 is 2. The summed E-state index contributed by atoms with van der Waals surface area (Å²) in [6, 6.07) is 11.9. The van der Waals surface area contributed by atoms with Gasteiger partial charge in [-0.25, -0.2) is 4.79 Å². The lowest BCUT2D eigenvalue weighted by Crippen LogP contribution is -2.50. The van der Waals surface area contributed by atoms with Gasteiger partial charge in [-0.2, -0.15) is 8.42 Å². The van der Waals surface area contributed by atoms with Crippen LogP contribution in [0, 0.1) is 17.8 Å². The van der Waals surface area contributed by atoms with E-state index in [-0.39, 0.29) is 30.0 Å². The van der Waals surface area contributed by atoms with Gasteiger partial charge >= 0.3 is 5.97 Å². The maximum atomic E-state index is 12.6. The van der Waals surface area contributed by atoms with Gasteiger partial charge in [-0.05, 0) is 116 Å². The molecule has 244 valence electrons. The first kappa shape index (κ1) is 32.4. The molecule has 1 spiro atoms. The second kappa shape index (κ2) is 13.3. The first-order valence-electron chi connectivity index (χ1n) is 16.0. The third kappa shape index (κ3) is 6.92. The molecule has 2 aromatic rings. The highest BCUT2D eigenvalue weighted by molar-refractivity contribution is 7.85. The van der Waals surface area contributed by atoms with Crippen LogP contribution in [0.2, 0.25) is 5.02 Å². The van der Waals surface area contributed by atoms with E-state index in [2.05, 4.69) is 23.1 Å². The van der Waals surface area contributed by atoms with Crippen molar-refractivity contribution in [3.05, 3.63) is 69.8 Å². The van der Waals surface area contributed by atoms with Crippen molar-refractivity contribution in [2.24, 2.45) is 17.8 Å². The largest absolute Gasteiger partial charge is 0.490 e. The normalized spacial score (nSPS) is 26.9. The Hall–Kier alpha value is -2.59. The Balaban J connectivity index is 1.26. The molecule has 0 amide bonds. The number of hydrogen-bond donors (Lipinski definition) is 0. The van der Waals surface area contributed by atoms with Crippen molar-refractivity contribution >= 4 is 33.4 Å². The molecular formula is C35H44ClNO7S. The monoisotopic (exact) mass is 657 g/mol. The molecule has 0 bridgehead atoms. The van der Waals surface area contributed by atoms with Gasteiger partial charge in [0.25, 0.3) is 10.1 Å². The van der Waals surface area contributed by atoms with Crippen molar-refractivity contribution in [1.82, 2.24) is 0 Å². The van der Waals surface area contributed by atoms with Gasteiger partial charge in [0.05, 0.1) is 43.9 Å². The molecule has 5 atom stereocenters. The maximum absolute atomic E-state index is 12.6. The predicted molar refractivity (Wildman–Crippen MR) is 175 cm³/mol. The fourth-order valence-electron chi connectivity index (χ4n) is 8.00. The summed E-state index contributed by atoms with van der Waals surface area (Å²) in [4.78, 5) is 15.0. The molecule has 0 saturated heterocycles. The fourth-order valence-corrected chi connectivity index (χ4v) is 8.64. The van der Waals surface area contributed by atoms with Crippen molar-refractivity contribution in [2.75, 3.05) is 51.7 Å². The SMILES string of the molecule is COC(=O)c1ccc2c(c1)N(C[C@@H]1CC[C@H]1[C@H](OC)C1=CC[C@@H](COS(C)(=O)=O)CC1)C[C@@]1(CCCc3cc(Cl)ccc31)CO2. The molecule has 0 radical (unpaired) electrons. The Morgan fingerprint density at radius 1 is 1.13 bits per heavy atom. The molecule has 2 aromatic carbocycles. The van der Waals surface area contributed by atoms with Crippen LogP contribution in [0.4, 0.5) is 5.69 Å². The molecule has 1 fully saturated rings. The fraction of sp³-hybridized carbons (Fsp3) is 0.571. The number of halogens is 1. The molecule has 0 unspecified atom stereocenters. The standard InChI is InChI=1S/C35H44ClNO7S/c1-41-33(24-8-6-23(7-9-24)20-44-45(3,39)40)29-13-10-27(29)19-37-21-35(16-4-5-25-17-28(36)12-14-30(25)35)22-43-32-15-11-26(18-31(32)37)34(38)42-2/h8,11-12,14-15,17-18,23,27,29,33H,4-7,9-10,13,16,19-22H2,1-3H3/t23-,27+,29-,33-,35+/m1/s1. The van der Waals surface area contributed by atoms with Crippen LogP contribution in [-0.2, 0) is 35.6 Å².